The molecule has 2 N–H and O–H groups in total. The summed E-state index contributed by atoms with van der Waals surface area (Å²) in [5, 5.41) is 7.10. The normalized spacial score (nSPS) is 27.4. The highest BCUT2D eigenvalue weighted by atomic mass is 15.1. The molecule has 94 valence electrons. The van der Waals surface area contributed by atoms with Crippen molar-refractivity contribution in [1.82, 2.24) is 15.2 Å². The monoisotopic (exact) mass is 233 g/mol. The predicted molar refractivity (Wildman–Crippen MR) is 70.1 cm³/mol. The lowest BCUT2D eigenvalue weighted by atomic mass is 9.65. The van der Waals surface area contributed by atoms with Crippen LogP contribution in [-0.2, 0) is 0 Å². The molecule has 0 saturated carbocycles. The van der Waals surface area contributed by atoms with Gasteiger partial charge in [0.25, 0.3) is 0 Å². The topological polar surface area (TPSA) is 29.0 Å². The Labute approximate surface area is 104 Å². The summed E-state index contributed by atoms with van der Waals surface area (Å²) in [7, 11) is 0. The lowest BCUT2D eigenvalue weighted by molar-refractivity contribution is 0.0436. The average Bonchev–Trinajstić information content (AvgIpc) is 2.78. The van der Waals surface area contributed by atoms with E-state index in [1.165, 1.54) is 38.0 Å². The maximum Gasteiger partial charge on any atom is 0.0405 e. The third kappa shape index (κ3) is 1.81. The summed E-state index contributed by atoms with van der Waals surface area (Å²) in [6, 6.07) is 3.44. The second-order valence-corrected chi connectivity index (χ2v) is 5.91. The van der Waals surface area contributed by atoms with E-state index >= 15 is 0 Å². The van der Waals surface area contributed by atoms with Gasteiger partial charge < -0.3 is 15.2 Å². The van der Waals surface area contributed by atoms with Gasteiger partial charge in [-0.05, 0) is 51.4 Å². The zero-order valence-corrected chi connectivity index (χ0v) is 10.9. The molecule has 1 spiro atoms. The fourth-order valence-corrected chi connectivity index (χ4v) is 3.28. The fraction of sp³-hybridized carbons (Fsp3) is 0.714. The predicted octanol–water partition coefficient (Wildman–Crippen LogP) is 2.08. The zero-order chi connectivity index (χ0) is 11.9. The summed E-state index contributed by atoms with van der Waals surface area (Å²) in [6.07, 6.45) is 7.18. The third-order valence-electron chi connectivity index (χ3n) is 4.54. The minimum absolute atomic E-state index is 0.536. The van der Waals surface area contributed by atoms with Crippen LogP contribution in [0.4, 0.5) is 0 Å². The van der Waals surface area contributed by atoms with E-state index in [2.05, 4.69) is 47.5 Å². The number of nitrogens with zero attached hydrogens (tertiary/aromatic N) is 1. The molecule has 2 aliphatic rings. The molecule has 0 aromatic carbocycles. The van der Waals surface area contributed by atoms with Gasteiger partial charge in [0.05, 0.1) is 0 Å². The van der Waals surface area contributed by atoms with E-state index in [0.717, 1.165) is 0 Å². The zero-order valence-electron chi connectivity index (χ0n) is 10.9. The Morgan fingerprint density at radius 3 is 2.65 bits per heavy atom. The van der Waals surface area contributed by atoms with Gasteiger partial charge in [-0.2, -0.15) is 0 Å². The minimum atomic E-state index is 0.536. The van der Waals surface area contributed by atoms with Crippen LogP contribution in [0.3, 0.4) is 0 Å². The van der Waals surface area contributed by atoms with Gasteiger partial charge >= 0.3 is 0 Å². The molecular weight excluding hydrogens is 210 g/mol. The maximum atomic E-state index is 3.63. The van der Waals surface area contributed by atoms with Gasteiger partial charge in [0.2, 0.25) is 0 Å². The van der Waals surface area contributed by atoms with E-state index in [4.69, 9.17) is 0 Å². The first kappa shape index (κ1) is 11.3. The Morgan fingerprint density at radius 1 is 1.35 bits per heavy atom. The van der Waals surface area contributed by atoms with E-state index in [0.29, 0.717) is 17.5 Å². The van der Waals surface area contributed by atoms with E-state index in [1.807, 2.05) is 0 Å². The van der Waals surface area contributed by atoms with Crippen molar-refractivity contribution in [2.45, 2.75) is 38.8 Å². The molecule has 0 unspecified atom stereocenters. The van der Waals surface area contributed by atoms with Gasteiger partial charge in [0.15, 0.2) is 0 Å². The second-order valence-electron chi connectivity index (χ2n) is 5.91. The number of rotatable bonds is 2. The molecule has 3 nitrogen and oxygen atoms in total. The molecule has 3 heteroatoms. The first-order valence-corrected chi connectivity index (χ1v) is 6.83. The lowest BCUT2D eigenvalue weighted by Gasteiger charge is -2.53. The number of hydrogen-bond acceptors (Lipinski definition) is 2. The molecule has 0 radical (unpaired) electrons. The number of aromatic nitrogens is 1. The van der Waals surface area contributed by atoms with Gasteiger partial charge in [0.1, 0.15) is 0 Å². The smallest absolute Gasteiger partial charge is 0.0405 e. The van der Waals surface area contributed by atoms with Crippen molar-refractivity contribution in [3.05, 3.63) is 24.0 Å². The Bertz CT molecular complexity index is 388. The number of piperidine rings is 1. The van der Waals surface area contributed by atoms with Crippen LogP contribution in [0.25, 0.3) is 0 Å². The van der Waals surface area contributed by atoms with Crippen molar-refractivity contribution in [3.63, 3.8) is 0 Å². The van der Waals surface area contributed by atoms with Crippen molar-refractivity contribution in [2.75, 3.05) is 19.6 Å². The van der Waals surface area contributed by atoms with E-state index in [-0.39, 0.29) is 0 Å². The molecule has 2 fully saturated rings. The van der Waals surface area contributed by atoms with E-state index in [9.17, 15) is 0 Å². The van der Waals surface area contributed by atoms with Crippen molar-refractivity contribution < 1.29 is 0 Å². The third-order valence-corrected chi connectivity index (χ3v) is 4.54. The molecular formula is C14H23N3. The van der Waals surface area contributed by atoms with Gasteiger partial charge in [-0.1, -0.05) is 0 Å². The average molecular weight is 233 g/mol. The summed E-state index contributed by atoms with van der Waals surface area (Å²) in [4.78, 5) is 0. The van der Waals surface area contributed by atoms with Crippen LogP contribution >= 0.6 is 0 Å². The summed E-state index contributed by atoms with van der Waals surface area (Å²) in [5.41, 5.74) is 2.01. The van der Waals surface area contributed by atoms with Crippen LogP contribution < -0.4 is 10.6 Å². The highest BCUT2D eigenvalue weighted by Crippen LogP contribution is 2.47. The van der Waals surface area contributed by atoms with Crippen molar-refractivity contribution in [2.24, 2.45) is 5.41 Å². The molecule has 3 heterocycles. The molecule has 0 amide bonds. The summed E-state index contributed by atoms with van der Waals surface area (Å²) in [5.74, 6) is 0. The largest absolute Gasteiger partial charge is 0.351 e. The van der Waals surface area contributed by atoms with E-state index in [1.54, 1.807) is 0 Å². The number of nitrogens with one attached hydrogen (secondary N) is 2. The highest BCUT2D eigenvalue weighted by molar-refractivity contribution is 5.24. The number of hydrogen-bond donors (Lipinski definition) is 2. The van der Waals surface area contributed by atoms with Crippen LogP contribution in [0, 0.1) is 5.41 Å². The van der Waals surface area contributed by atoms with Crippen molar-refractivity contribution in [1.29, 1.82) is 0 Å². The molecule has 1 aromatic heterocycles. The second kappa shape index (κ2) is 4.14. The Kier molecular flexibility index (Phi) is 2.75. The Balaban J connectivity index is 1.79. The summed E-state index contributed by atoms with van der Waals surface area (Å²) >= 11 is 0. The maximum absolute atomic E-state index is 3.63. The SMILES string of the molecule is CC(C)n1ccc([C@@H]2NCC23CCNCC3)c1. The van der Waals surface area contributed by atoms with Gasteiger partial charge in [0, 0.05) is 36.4 Å². The van der Waals surface area contributed by atoms with Crippen LogP contribution in [0.1, 0.15) is 44.3 Å². The van der Waals surface area contributed by atoms with Gasteiger partial charge in [-0.15, -0.1) is 0 Å². The van der Waals surface area contributed by atoms with Crippen LogP contribution in [0.2, 0.25) is 0 Å². The van der Waals surface area contributed by atoms with Crippen LogP contribution in [-0.4, -0.2) is 24.2 Å². The Morgan fingerprint density at radius 2 is 2.12 bits per heavy atom. The molecule has 0 aliphatic carbocycles. The first-order valence-electron chi connectivity index (χ1n) is 6.83. The van der Waals surface area contributed by atoms with Crippen molar-refractivity contribution in [3.8, 4) is 0 Å². The molecule has 0 bridgehead atoms. The fourth-order valence-electron chi connectivity index (χ4n) is 3.28. The molecule has 2 aliphatic heterocycles. The molecule has 2 saturated heterocycles. The van der Waals surface area contributed by atoms with Crippen LogP contribution in [0.15, 0.2) is 18.5 Å². The summed E-state index contributed by atoms with van der Waals surface area (Å²) in [6.45, 7) is 8.04. The highest BCUT2D eigenvalue weighted by Gasteiger charge is 2.47. The molecule has 1 atom stereocenters. The van der Waals surface area contributed by atoms with Gasteiger partial charge in [-0.3, -0.25) is 0 Å². The Hall–Kier alpha value is -0.800. The van der Waals surface area contributed by atoms with Crippen LogP contribution in [0.5, 0.6) is 0 Å². The minimum Gasteiger partial charge on any atom is -0.351 e. The molecule has 3 rings (SSSR count). The standard InChI is InChI=1S/C14H23N3/c1-11(2)17-8-3-12(9-17)13-14(10-16-13)4-6-15-7-5-14/h3,8-9,11,13,15-16H,4-7,10H2,1-2H3/t13-/m0/s1. The summed E-state index contributed by atoms with van der Waals surface area (Å²) < 4.78 is 2.31. The van der Waals surface area contributed by atoms with E-state index < -0.39 is 0 Å². The first-order chi connectivity index (χ1) is 8.21. The molecule has 1 aromatic rings. The quantitative estimate of drug-likeness (QED) is 0.819. The molecule has 17 heavy (non-hydrogen) atoms. The van der Waals surface area contributed by atoms with Crippen molar-refractivity contribution >= 4 is 0 Å². The van der Waals surface area contributed by atoms with Gasteiger partial charge in [-0.25, -0.2) is 0 Å². The lowest BCUT2D eigenvalue weighted by Crippen LogP contribution is -2.59.